The molecule has 1 aliphatic carbocycles. The van der Waals surface area contributed by atoms with Crippen LogP contribution in [0.4, 0.5) is 0 Å². The summed E-state index contributed by atoms with van der Waals surface area (Å²) in [6.45, 7) is 0. The Labute approximate surface area is 126 Å². The quantitative estimate of drug-likeness (QED) is 0.907. The summed E-state index contributed by atoms with van der Waals surface area (Å²) in [4.78, 5) is 0.248. The Balaban J connectivity index is 2.15. The van der Waals surface area contributed by atoms with Gasteiger partial charge in [0.1, 0.15) is 0 Å². The van der Waals surface area contributed by atoms with E-state index in [0.29, 0.717) is 10.9 Å². The van der Waals surface area contributed by atoms with Crippen molar-refractivity contribution in [3.8, 4) is 0 Å². The zero-order valence-corrected chi connectivity index (χ0v) is 13.4. The monoisotopic (exact) mass is 315 g/mol. The SMILES string of the molecule is CNC(CS(=O)(=O)c1ccccc1Cl)C1CCCCC1. The van der Waals surface area contributed by atoms with Crippen molar-refractivity contribution in [2.75, 3.05) is 12.8 Å². The molecule has 0 aliphatic heterocycles. The lowest BCUT2D eigenvalue weighted by atomic mass is 9.84. The lowest BCUT2D eigenvalue weighted by Gasteiger charge is -2.30. The molecule has 1 atom stereocenters. The maximum atomic E-state index is 12.5. The van der Waals surface area contributed by atoms with Crippen molar-refractivity contribution in [3.63, 3.8) is 0 Å². The smallest absolute Gasteiger partial charge is 0.181 e. The second kappa shape index (κ2) is 6.92. The summed E-state index contributed by atoms with van der Waals surface area (Å²) in [7, 11) is -1.50. The first-order valence-electron chi connectivity index (χ1n) is 7.19. The average molecular weight is 316 g/mol. The molecule has 3 nitrogen and oxygen atoms in total. The number of hydrogen-bond donors (Lipinski definition) is 1. The van der Waals surface area contributed by atoms with Crippen molar-refractivity contribution in [3.05, 3.63) is 29.3 Å². The summed E-state index contributed by atoms with van der Waals surface area (Å²) in [6, 6.07) is 6.69. The Hall–Kier alpha value is -0.580. The van der Waals surface area contributed by atoms with Gasteiger partial charge in [-0.25, -0.2) is 8.42 Å². The third-order valence-corrected chi connectivity index (χ3v) is 6.43. The van der Waals surface area contributed by atoms with E-state index in [1.165, 1.54) is 19.3 Å². The first kappa shape index (κ1) is 15.8. The Morgan fingerprint density at radius 2 is 1.90 bits per heavy atom. The van der Waals surface area contributed by atoms with Crippen molar-refractivity contribution in [1.29, 1.82) is 0 Å². The number of hydrogen-bond acceptors (Lipinski definition) is 3. The zero-order valence-electron chi connectivity index (χ0n) is 11.8. The Kier molecular flexibility index (Phi) is 5.47. The van der Waals surface area contributed by atoms with Gasteiger partial charge in [0.05, 0.1) is 15.7 Å². The van der Waals surface area contributed by atoms with Crippen molar-refractivity contribution >= 4 is 21.4 Å². The van der Waals surface area contributed by atoms with E-state index in [-0.39, 0.29) is 16.7 Å². The molecular weight excluding hydrogens is 294 g/mol. The van der Waals surface area contributed by atoms with Crippen LogP contribution >= 0.6 is 11.6 Å². The number of rotatable bonds is 5. The fourth-order valence-electron chi connectivity index (χ4n) is 3.01. The summed E-state index contributed by atoms with van der Waals surface area (Å²) in [5.74, 6) is 0.573. The topological polar surface area (TPSA) is 46.2 Å². The standard InChI is InChI=1S/C15H22ClNO2S/c1-17-14(12-7-3-2-4-8-12)11-20(18,19)15-10-6-5-9-13(15)16/h5-6,9-10,12,14,17H,2-4,7-8,11H2,1H3. The van der Waals surface area contributed by atoms with Crippen LogP contribution in [-0.4, -0.2) is 27.3 Å². The molecule has 2 rings (SSSR count). The summed E-state index contributed by atoms with van der Waals surface area (Å²) in [5, 5.41) is 3.51. The minimum Gasteiger partial charge on any atom is -0.316 e. The zero-order chi connectivity index (χ0) is 14.6. The average Bonchev–Trinajstić information content (AvgIpc) is 2.46. The largest absolute Gasteiger partial charge is 0.316 e. The van der Waals surface area contributed by atoms with Gasteiger partial charge < -0.3 is 5.32 Å². The minimum absolute atomic E-state index is 0.0107. The molecule has 1 saturated carbocycles. The van der Waals surface area contributed by atoms with Gasteiger partial charge in [0.25, 0.3) is 0 Å². The molecule has 0 amide bonds. The van der Waals surface area contributed by atoms with E-state index in [0.717, 1.165) is 12.8 Å². The first-order chi connectivity index (χ1) is 9.54. The van der Waals surface area contributed by atoms with Gasteiger partial charge in [-0.2, -0.15) is 0 Å². The Morgan fingerprint density at radius 3 is 2.50 bits per heavy atom. The van der Waals surface area contributed by atoms with E-state index in [1.54, 1.807) is 24.3 Å². The molecular formula is C15H22ClNO2S. The number of sulfone groups is 1. The van der Waals surface area contributed by atoms with Crippen LogP contribution in [0.25, 0.3) is 0 Å². The number of benzene rings is 1. The lowest BCUT2D eigenvalue weighted by Crippen LogP contribution is -2.40. The lowest BCUT2D eigenvalue weighted by molar-refractivity contribution is 0.292. The maximum Gasteiger partial charge on any atom is 0.181 e. The third-order valence-electron chi connectivity index (χ3n) is 4.16. The Bertz CT molecular complexity index is 539. The van der Waals surface area contributed by atoms with Crippen LogP contribution in [0.5, 0.6) is 0 Å². The predicted molar refractivity (Wildman–Crippen MR) is 82.9 cm³/mol. The molecule has 0 bridgehead atoms. The molecule has 1 aromatic carbocycles. The van der Waals surface area contributed by atoms with Gasteiger partial charge in [-0.15, -0.1) is 0 Å². The molecule has 0 saturated heterocycles. The molecule has 0 heterocycles. The van der Waals surface area contributed by atoms with Crippen LogP contribution in [0.2, 0.25) is 5.02 Å². The molecule has 20 heavy (non-hydrogen) atoms. The molecule has 1 unspecified atom stereocenters. The molecule has 1 fully saturated rings. The van der Waals surface area contributed by atoms with Crippen LogP contribution < -0.4 is 5.32 Å². The van der Waals surface area contributed by atoms with E-state index in [9.17, 15) is 8.42 Å². The fraction of sp³-hybridized carbons (Fsp3) is 0.600. The van der Waals surface area contributed by atoms with Gasteiger partial charge in [-0.05, 0) is 37.9 Å². The molecule has 0 radical (unpaired) electrons. The predicted octanol–water partition coefficient (Wildman–Crippen LogP) is 3.28. The van der Waals surface area contributed by atoms with Crippen molar-refractivity contribution < 1.29 is 8.42 Å². The molecule has 112 valence electrons. The van der Waals surface area contributed by atoms with Crippen LogP contribution in [0.15, 0.2) is 29.2 Å². The minimum atomic E-state index is -3.35. The van der Waals surface area contributed by atoms with Crippen LogP contribution in [0.3, 0.4) is 0 Å². The van der Waals surface area contributed by atoms with Crippen molar-refractivity contribution in [1.82, 2.24) is 5.32 Å². The van der Waals surface area contributed by atoms with Gasteiger partial charge >= 0.3 is 0 Å². The molecule has 1 aliphatic rings. The van der Waals surface area contributed by atoms with Gasteiger partial charge in [0, 0.05) is 6.04 Å². The van der Waals surface area contributed by atoms with E-state index >= 15 is 0 Å². The van der Waals surface area contributed by atoms with E-state index in [4.69, 9.17) is 11.6 Å². The highest BCUT2D eigenvalue weighted by Gasteiger charge is 2.28. The van der Waals surface area contributed by atoms with E-state index in [2.05, 4.69) is 5.32 Å². The van der Waals surface area contributed by atoms with Gasteiger partial charge in [-0.3, -0.25) is 0 Å². The summed E-state index contributed by atoms with van der Waals surface area (Å²) in [5.41, 5.74) is 0. The highest BCUT2D eigenvalue weighted by atomic mass is 35.5. The molecule has 0 aromatic heterocycles. The van der Waals surface area contributed by atoms with Crippen LogP contribution in [0, 0.1) is 5.92 Å². The van der Waals surface area contributed by atoms with Crippen LogP contribution in [0.1, 0.15) is 32.1 Å². The van der Waals surface area contributed by atoms with Gasteiger partial charge in [-0.1, -0.05) is 43.0 Å². The summed E-state index contributed by atoms with van der Waals surface area (Å²) < 4.78 is 25.1. The molecule has 1 N–H and O–H groups in total. The van der Waals surface area contributed by atoms with Crippen molar-refractivity contribution in [2.45, 2.75) is 43.0 Å². The fourth-order valence-corrected chi connectivity index (χ4v) is 5.25. The maximum absolute atomic E-state index is 12.5. The number of halogens is 1. The Morgan fingerprint density at radius 1 is 1.25 bits per heavy atom. The number of nitrogens with one attached hydrogen (secondary N) is 1. The molecule has 0 spiro atoms. The summed E-state index contributed by atoms with van der Waals surface area (Å²) >= 11 is 6.02. The normalized spacial score (nSPS) is 18.9. The van der Waals surface area contributed by atoms with Crippen molar-refractivity contribution in [2.24, 2.45) is 5.92 Å². The first-order valence-corrected chi connectivity index (χ1v) is 9.22. The highest BCUT2D eigenvalue weighted by Crippen LogP contribution is 2.29. The molecule has 1 aromatic rings. The second-order valence-corrected chi connectivity index (χ2v) is 7.91. The highest BCUT2D eigenvalue weighted by molar-refractivity contribution is 7.91. The third kappa shape index (κ3) is 3.74. The van der Waals surface area contributed by atoms with E-state index in [1.807, 2.05) is 7.05 Å². The summed E-state index contributed by atoms with van der Waals surface area (Å²) in [6.07, 6.45) is 5.90. The van der Waals surface area contributed by atoms with Crippen LogP contribution in [-0.2, 0) is 9.84 Å². The van der Waals surface area contributed by atoms with Gasteiger partial charge in [0.15, 0.2) is 9.84 Å². The molecule has 5 heteroatoms. The second-order valence-electron chi connectivity index (χ2n) is 5.51. The van der Waals surface area contributed by atoms with E-state index < -0.39 is 9.84 Å². The van der Waals surface area contributed by atoms with Gasteiger partial charge in [0.2, 0.25) is 0 Å².